The molecule has 0 spiro atoms. The first-order valence-electron chi connectivity index (χ1n) is 9.10. The Morgan fingerprint density at radius 2 is 1.93 bits per heavy atom. The van der Waals surface area contributed by atoms with Crippen LogP contribution < -0.4 is 14.8 Å². The number of amides is 1. The molecule has 1 aliphatic heterocycles. The Morgan fingerprint density at radius 3 is 2.59 bits per heavy atom. The number of piperidine rings is 1. The minimum Gasteiger partial charge on any atom is -0.497 e. The fraction of sp³-hybridized carbons (Fsp3) is 0.381. The molecule has 1 N–H and O–H groups in total. The van der Waals surface area contributed by atoms with Crippen LogP contribution in [0, 0.1) is 5.82 Å². The third-order valence-electron chi connectivity index (χ3n) is 4.91. The molecule has 2 aromatic carbocycles. The van der Waals surface area contributed by atoms with Gasteiger partial charge in [-0.15, -0.1) is 0 Å². The highest BCUT2D eigenvalue weighted by Crippen LogP contribution is 2.26. The van der Waals surface area contributed by atoms with Crippen LogP contribution in [0.1, 0.15) is 28.8 Å². The van der Waals surface area contributed by atoms with E-state index in [1.54, 1.807) is 44.6 Å². The summed E-state index contributed by atoms with van der Waals surface area (Å²) in [5, 5.41) is 3.46. The van der Waals surface area contributed by atoms with Gasteiger partial charge in [-0.3, -0.25) is 4.79 Å². The second-order valence-electron chi connectivity index (χ2n) is 6.64. The Hall–Kier alpha value is -2.60. The number of nitrogens with one attached hydrogen (secondary N) is 1. The molecular formula is C21H25FN2O3. The van der Waals surface area contributed by atoms with Crippen molar-refractivity contribution in [2.45, 2.75) is 25.4 Å². The molecule has 6 heteroatoms. The van der Waals surface area contributed by atoms with Gasteiger partial charge in [0.15, 0.2) is 0 Å². The van der Waals surface area contributed by atoms with Crippen molar-refractivity contribution in [2.75, 3.05) is 27.3 Å². The molecule has 1 amide bonds. The molecule has 0 saturated carbocycles. The molecule has 3 rings (SSSR count). The van der Waals surface area contributed by atoms with E-state index in [9.17, 15) is 9.18 Å². The summed E-state index contributed by atoms with van der Waals surface area (Å²) in [6.07, 6.45) is 1.72. The number of nitrogens with zero attached hydrogens (tertiary/aromatic N) is 1. The highest BCUT2D eigenvalue weighted by Gasteiger charge is 2.25. The number of carbonyl (C=O) groups excluding carboxylic acids is 1. The minimum absolute atomic E-state index is 0.0296. The third-order valence-corrected chi connectivity index (χ3v) is 4.91. The first-order valence-corrected chi connectivity index (χ1v) is 9.10. The Labute approximate surface area is 159 Å². The Bertz CT molecular complexity index is 789. The van der Waals surface area contributed by atoms with E-state index in [2.05, 4.69) is 5.32 Å². The van der Waals surface area contributed by atoms with Gasteiger partial charge in [0.2, 0.25) is 0 Å². The number of benzene rings is 2. The zero-order chi connectivity index (χ0) is 19.2. The lowest BCUT2D eigenvalue weighted by Gasteiger charge is -2.33. The Morgan fingerprint density at radius 1 is 1.15 bits per heavy atom. The quantitative estimate of drug-likeness (QED) is 0.846. The van der Waals surface area contributed by atoms with Crippen molar-refractivity contribution < 1.29 is 18.7 Å². The number of methoxy groups -OCH3 is 2. The van der Waals surface area contributed by atoms with Gasteiger partial charge in [0.05, 0.1) is 19.8 Å². The molecule has 1 aliphatic rings. The molecule has 0 unspecified atom stereocenters. The van der Waals surface area contributed by atoms with Crippen molar-refractivity contribution in [1.29, 1.82) is 0 Å². The van der Waals surface area contributed by atoms with E-state index >= 15 is 0 Å². The summed E-state index contributed by atoms with van der Waals surface area (Å²) in [4.78, 5) is 14.7. The highest BCUT2D eigenvalue weighted by molar-refractivity contribution is 5.97. The number of likely N-dealkylation sites (tertiary alicyclic amines) is 1. The monoisotopic (exact) mass is 372 g/mol. The predicted molar refractivity (Wildman–Crippen MR) is 102 cm³/mol. The van der Waals surface area contributed by atoms with Crippen LogP contribution in [-0.2, 0) is 6.54 Å². The van der Waals surface area contributed by atoms with E-state index in [0.717, 1.165) is 18.4 Å². The smallest absolute Gasteiger partial charge is 0.257 e. The fourth-order valence-electron chi connectivity index (χ4n) is 3.34. The van der Waals surface area contributed by atoms with E-state index < -0.39 is 0 Å². The lowest BCUT2D eigenvalue weighted by Crippen LogP contribution is -2.44. The largest absolute Gasteiger partial charge is 0.497 e. The molecule has 1 heterocycles. The van der Waals surface area contributed by atoms with Gasteiger partial charge in [-0.05, 0) is 42.7 Å². The lowest BCUT2D eigenvalue weighted by atomic mass is 10.0. The standard InChI is InChI=1S/C21H25FN2O3/c1-26-18-6-7-19(20(13-18)27-2)21(25)24-10-8-17(9-11-24)23-14-15-4-3-5-16(22)12-15/h3-7,12-13,17,23H,8-11,14H2,1-2H3. The van der Waals surface area contributed by atoms with Crippen LogP contribution in [0.15, 0.2) is 42.5 Å². The van der Waals surface area contributed by atoms with Gasteiger partial charge in [-0.25, -0.2) is 4.39 Å². The van der Waals surface area contributed by atoms with Gasteiger partial charge in [0, 0.05) is 31.7 Å². The number of ether oxygens (including phenoxy) is 2. The lowest BCUT2D eigenvalue weighted by molar-refractivity contribution is 0.0701. The molecule has 0 aliphatic carbocycles. The summed E-state index contributed by atoms with van der Waals surface area (Å²) in [6, 6.07) is 12.2. The summed E-state index contributed by atoms with van der Waals surface area (Å²) < 4.78 is 23.8. The zero-order valence-corrected chi connectivity index (χ0v) is 15.7. The van der Waals surface area contributed by atoms with E-state index in [-0.39, 0.29) is 11.7 Å². The van der Waals surface area contributed by atoms with Crippen molar-refractivity contribution in [3.8, 4) is 11.5 Å². The van der Waals surface area contributed by atoms with Crippen LogP contribution in [-0.4, -0.2) is 44.2 Å². The van der Waals surface area contributed by atoms with Gasteiger partial charge in [-0.2, -0.15) is 0 Å². The van der Waals surface area contributed by atoms with E-state index in [0.29, 0.717) is 42.7 Å². The minimum atomic E-state index is -0.219. The normalized spacial score (nSPS) is 14.9. The number of halogens is 1. The average molecular weight is 372 g/mol. The second-order valence-corrected chi connectivity index (χ2v) is 6.64. The SMILES string of the molecule is COc1ccc(C(=O)N2CCC(NCc3cccc(F)c3)CC2)c(OC)c1. The van der Waals surface area contributed by atoms with Gasteiger partial charge in [-0.1, -0.05) is 12.1 Å². The average Bonchev–Trinajstić information content (AvgIpc) is 2.71. The van der Waals surface area contributed by atoms with Crippen LogP contribution in [0.3, 0.4) is 0 Å². The van der Waals surface area contributed by atoms with Crippen molar-refractivity contribution >= 4 is 5.91 Å². The van der Waals surface area contributed by atoms with Crippen molar-refractivity contribution in [3.63, 3.8) is 0 Å². The molecular weight excluding hydrogens is 347 g/mol. The Balaban J connectivity index is 1.55. The molecule has 1 fully saturated rings. The third kappa shape index (κ3) is 4.77. The van der Waals surface area contributed by atoms with E-state index in [1.807, 2.05) is 11.0 Å². The zero-order valence-electron chi connectivity index (χ0n) is 15.7. The van der Waals surface area contributed by atoms with Gasteiger partial charge < -0.3 is 19.7 Å². The van der Waals surface area contributed by atoms with Crippen molar-refractivity contribution in [2.24, 2.45) is 0 Å². The molecule has 1 saturated heterocycles. The molecule has 5 nitrogen and oxygen atoms in total. The number of carbonyl (C=O) groups is 1. The van der Waals surface area contributed by atoms with Crippen LogP contribution in [0.4, 0.5) is 4.39 Å². The van der Waals surface area contributed by atoms with Crippen LogP contribution in [0.25, 0.3) is 0 Å². The van der Waals surface area contributed by atoms with Gasteiger partial charge >= 0.3 is 0 Å². The predicted octanol–water partition coefficient (Wildman–Crippen LogP) is 3.24. The molecule has 0 radical (unpaired) electrons. The summed E-state index contributed by atoms with van der Waals surface area (Å²) in [7, 11) is 3.13. The maximum atomic E-state index is 13.3. The van der Waals surface area contributed by atoms with Crippen LogP contribution in [0.5, 0.6) is 11.5 Å². The molecule has 0 aromatic heterocycles. The van der Waals surface area contributed by atoms with Crippen molar-refractivity contribution in [1.82, 2.24) is 10.2 Å². The molecule has 2 aromatic rings. The first-order chi connectivity index (χ1) is 13.1. The van der Waals surface area contributed by atoms with E-state index in [1.165, 1.54) is 6.07 Å². The van der Waals surface area contributed by atoms with Gasteiger partial charge in [0.25, 0.3) is 5.91 Å². The summed E-state index contributed by atoms with van der Waals surface area (Å²) >= 11 is 0. The number of hydrogen-bond donors (Lipinski definition) is 1. The van der Waals surface area contributed by atoms with Gasteiger partial charge in [0.1, 0.15) is 17.3 Å². The summed E-state index contributed by atoms with van der Waals surface area (Å²) in [5.74, 6) is 0.926. The highest BCUT2D eigenvalue weighted by atomic mass is 19.1. The summed E-state index contributed by atoms with van der Waals surface area (Å²) in [5.41, 5.74) is 1.47. The fourth-order valence-corrected chi connectivity index (χ4v) is 3.34. The molecule has 0 atom stereocenters. The number of rotatable bonds is 6. The maximum absolute atomic E-state index is 13.3. The molecule has 27 heavy (non-hydrogen) atoms. The van der Waals surface area contributed by atoms with Crippen LogP contribution in [0.2, 0.25) is 0 Å². The topological polar surface area (TPSA) is 50.8 Å². The van der Waals surface area contributed by atoms with Crippen molar-refractivity contribution in [3.05, 3.63) is 59.4 Å². The van der Waals surface area contributed by atoms with Crippen LogP contribution >= 0.6 is 0 Å². The number of hydrogen-bond acceptors (Lipinski definition) is 4. The maximum Gasteiger partial charge on any atom is 0.257 e. The molecule has 0 bridgehead atoms. The first kappa shape index (κ1) is 19.2. The molecule has 144 valence electrons. The Kier molecular flexibility index (Phi) is 6.29. The summed E-state index contributed by atoms with van der Waals surface area (Å²) in [6.45, 7) is 1.98. The second kappa shape index (κ2) is 8.86. The van der Waals surface area contributed by atoms with E-state index in [4.69, 9.17) is 9.47 Å².